The van der Waals surface area contributed by atoms with E-state index in [0.29, 0.717) is 6.54 Å². The summed E-state index contributed by atoms with van der Waals surface area (Å²) in [7, 11) is 1.91. The predicted molar refractivity (Wildman–Crippen MR) is 127 cm³/mol. The number of pyridine rings is 1. The van der Waals surface area contributed by atoms with Gasteiger partial charge in [-0.1, -0.05) is 25.3 Å². The second-order valence-corrected chi connectivity index (χ2v) is 7.67. The first-order valence-corrected chi connectivity index (χ1v) is 10.6. The molecule has 0 amide bonds. The van der Waals surface area contributed by atoms with Crippen molar-refractivity contribution in [3.8, 4) is 11.1 Å². The van der Waals surface area contributed by atoms with Crippen LogP contribution in [0.2, 0.25) is 0 Å². The van der Waals surface area contributed by atoms with Crippen molar-refractivity contribution in [3.63, 3.8) is 0 Å². The Hall–Kier alpha value is -3.18. The van der Waals surface area contributed by atoms with Crippen molar-refractivity contribution in [2.75, 3.05) is 13.6 Å². The van der Waals surface area contributed by atoms with Gasteiger partial charge in [0.1, 0.15) is 11.5 Å². The van der Waals surface area contributed by atoms with Crippen LogP contribution in [0.3, 0.4) is 0 Å². The molecule has 2 heterocycles. The summed E-state index contributed by atoms with van der Waals surface area (Å²) in [6, 6.07) is 9.01. The zero-order valence-corrected chi connectivity index (χ0v) is 18.4. The van der Waals surface area contributed by atoms with E-state index in [0.717, 1.165) is 65.0 Å². The SMILES string of the molecule is C=CC(=C)/C(CCCc1ccc(F)cc1-c1ccc2ncc(CCN)n2c1)=C(/C)NC. The molecule has 162 valence electrons. The summed E-state index contributed by atoms with van der Waals surface area (Å²) in [6.45, 7) is 10.6. The first-order chi connectivity index (χ1) is 15.0. The summed E-state index contributed by atoms with van der Waals surface area (Å²) in [4.78, 5) is 4.44. The Bertz CT molecular complexity index is 1120. The number of nitrogens with zero attached hydrogens (tertiary/aromatic N) is 2. The quantitative estimate of drug-likeness (QED) is 0.445. The second kappa shape index (κ2) is 10.2. The average molecular weight is 419 g/mol. The third-order valence-electron chi connectivity index (χ3n) is 5.70. The number of hydrogen-bond donors (Lipinski definition) is 2. The third-order valence-corrected chi connectivity index (χ3v) is 5.70. The molecule has 0 spiro atoms. The van der Waals surface area contributed by atoms with Crippen molar-refractivity contribution in [1.82, 2.24) is 14.7 Å². The Labute approximate surface area is 184 Å². The number of allylic oxidation sites excluding steroid dienone is 4. The van der Waals surface area contributed by atoms with Crippen molar-refractivity contribution in [3.05, 3.63) is 95.9 Å². The minimum Gasteiger partial charge on any atom is -0.391 e. The van der Waals surface area contributed by atoms with Crippen molar-refractivity contribution in [2.24, 2.45) is 5.73 Å². The van der Waals surface area contributed by atoms with Crippen LogP contribution in [0.1, 0.15) is 31.0 Å². The standard InChI is InChI=1S/C26H31FN4/c1-5-18(2)24(19(3)29-4)8-6-7-20-9-11-22(27)15-25(20)21-10-12-26-30-16-23(13-14-28)31(26)17-21/h5,9-12,15-17,29H,1-2,6-8,13-14,28H2,3-4H3/b24-19-. The lowest BCUT2D eigenvalue weighted by Gasteiger charge is -2.14. The van der Waals surface area contributed by atoms with Gasteiger partial charge >= 0.3 is 0 Å². The highest BCUT2D eigenvalue weighted by Crippen LogP contribution is 2.28. The Morgan fingerprint density at radius 1 is 1.26 bits per heavy atom. The van der Waals surface area contributed by atoms with Crippen molar-refractivity contribution >= 4 is 5.65 Å². The lowest BCUT2D eigenvalue weighted by Crippen LogP contribution is -2.07. The van der Waals surface area contributed by atoms with E-state index in [-0.39, 0.29) is 5.82 Å². The largest absolute Gasteiger partial charge is 0.391 e. The molecule has 0 saturated heterocycles. The molecule has 2 aromatic heterocycles. The molecule has 3 aromatic rings. The molecular formula is C26H31FN4. The number of nitrogens with one attached hydrogen (secondary N) is 1. The summed E-state index contributed by atoms with van der Waals surface area (Å²) in [5.74, 6) is -0.238. The molecule has 0 saturated carbocycles. The summed E-state index contributed by atoms with van der Waals surface area (Å²) >= 11 is 0. The summed E-state index contributed by atoms with van der Waals surface area (Å²) in [5.41, 5.74) is 13.9. The number of hydrogen-bond acceptors (Lipinski definition) is 3. The smallest absolute Gasteiger partial charge is 0.136 e. The molecule has 0 unspecified atom stereocenters. The molecule has 0 aliphatic carbocycles. The van der Waals surface area contributed by atoms with E-state index < -0.39 is 0 Å². The Morgan fingerprint density at radius 3 is 2.77 bits per heavy atom. The maximum absolute atomic E-state index is 14.2. The van der Waals surface area contributed by atoms with Gasteiger partial charge in [0.15, 0.2) is 0 Å². The molecule has 0 fully saturated rings. The van der Waals surface area contributed by atoms with Gasteiger partial charge in [-0.2, -0.15) is 0 Å². The molecule has 5 heteroatoms. The van der Waals surface area contributed by atoms with E-state index in [1.54, 1.807) is 12.1 Å². The molecule has 0 aliphatic rings. The molecule has 4 nitrogen and oxygen atoms in total. The monoisotopic (exact) mass is 418 g/mol. The van der Waals surface area contributed by atoms with Gasteiger partial charge in [-0.3, -0.25) is 0 Å². The molecule has 0 radical (unpaired) electrons. The van der Waals surface area contributed by atoms with E-state index in [4.69, 9.17) is 5.73 Å². The van der Waals surface area contributed by atoms with Gasteiger partial charge in [-0.25, -0.2) is 9.37 Å². The van der Waals surface area contributed by atoms with Gasteiger partial charge in [0.05, 0.1) is 0 Å². The molecule has 31 heavy (non-hydrogen) atoms. The number of fused-ring (bicyclic) bond motifs is 1. The zero-order chi connectivity index (χ0) is 22.4. The van der Waals surface area contributed by atoms with E-state index in [9.17, 15) is 4.39 Å². The molecule has 3 rings (SSSR count). The van der Waals surface area contributed by atoms with Crippen molar-refractivity contribution < 1.29 is 4.39 Å². The highest BCUT2D eigenvalue weighted by molar-refractivity contribution is 5.68. The number of imidazole rings is 1. The fourth-order valence-electron chi connectivity index (χ4n) is 3.88. The van der Waals surface area contributed by atoms with Gasteiger partial charge in [-0.05, 0) is 84.8 Å². The van der Waals surface area contributed by atoms with Crippen LogP contribution in [0.4, 0.5) is 4.39 Å². The average Bonchev–Trinajstić information content (AvgIpc) is 3.19. The number of aryl methyl sites for hydroxylation is 1. The number of benzene rings is 1. The van der Waals surface area contributed by atoms with Crippen molar-refractivity contribution in [2.45, 2.75) is 32.6 Å². The molecule has 3 N–H and O–H groups in total. The van der Waals surface area contributed by atoms with Gasteiger partial charge in [0.2, 0.25) is 0 Å². The zero-order valence-electron chi connectivity index (χ0n) is 18.4. The van der Waals surface area contributed by atoms with Crippen molar-refractivity contribution in [1.29, 1.82) is 0 Å². The Morgan fingerprint density at radius 2 is 2.06 bits per heavy atom. The van der Waals surface area contributed by atoms with Crippen LogP contribution < -0.4 is 11.1 Å². The number of aromatic nitrogens is 2. The first-order valence-electron chi connectivity index (χ1n) is 10.6. The van der Waals surface area contributed by atoms with Gasteiger partial charge in [-0.15, -0.1) is 0 Å². The Balaban J connectivity index is 1.89. The maximum Gasteiger partial charge on any atom is 0.136 e. The Kier molecular flexibility index (Phi) is 7.42. The number of halogens is 1. The first kappa shape index (κ1) is 22.5. The minimum atomic E-state index is -0.238. The van der Waals surface area contributed by atoms with Crippen LogP contribution in [0, 0.1) is 5.82 Å². The van der Waals surface area contributed by atoms with E-state index in [1.165, 1.54) is 11.6 Å². The van der Waals surface area contributed by atoms with E-state index in [2.05, 4.69) is 23.5 Å². The van der Waals surface area contributed by atoms with Crippen LogP contribution in [0.15, 0.2) is 78.8 Å². The highest BCUT2D eigenvalue weighted by atomic mass is 19.1. The van der Waals surface area contributed by atoms with Crippen LogP contribution in [-0.4, -0.2) is 23.0 Å². The normalized spacial score (nSPS) is 12.0. The number of nitrogens with two attached hydrogens (primary N) is 1. The van der Waals surface area contributed by atoms with E-state index >= 15 is 0 Å². The predicted octanol–water partition coefficient (Wildman–Crippen LogP) is 5.20. The summed E-state index contributed by atoms with van der Waals surface area (Å²) in [5, 5.41) is 3.21. The van der Waals surface area contributed by atoms with Crippen LogP contribution in [0.25, 0.3) is 16.8 Å². The molecule has 0 atom stereocenters. The summed E-state index contributed by atoms with van der Waals surface area (Å²) in [6.07, 6.45) is 9.04. The maximum atomic E-state index is 14.2. The topological polar surface area (TPSA) is 55.3 Å². The molecule has 0 bridgehead atoms. The van der Waals surface area contributed by atoms with Gasteiger partial charge in [0, 0.05) is 37.3 Å². The highest BCUT2D eigenvalue weighted by Gasteiger charge is 2.11. The van der Waals surface area contributed by atoms with Gasteiger partial charge in [0.25, 0.3) is 0 Å². The second-order valence-electron chi connectivity index (χ2n) is 7.67. The lowest BCUT2D eigenvalue weighted by molar-refractivity contribution is 0.627. The minimum absolute atomic E-state index is 0.238. The molecule has 0 aliphatic heterocycles. The van der Waals surface area contributed by atoms with Crippen LogP contribution in [-0.2, 0) is 12.8 Å². The lowest BCUT2D eigenvalue weighted by atomic mass is 9.94. The fraction of sp³-hybridized carbons (Fsp3) is 0.269. The number of rotatable bonds is 10. The third kappa shape index (κ3) is 5.12. The molecule has 1 aromatic carbocycles. The van der Waals surface area contributed by atoms with E-state index in [1.807, 2.05) is 49.0 Å². The fourth-order valence-corrected chi connectivity index (χ4v) is 3.88. The van der Waals surface area contributed by atoms with Crippen LogP contribution in [0.5, 0.6) is 0 Å². The van der Waals surface area contributed by atoms with Gasteiger partial charge < -0.3 is 15.5 Å². The molecular weight excluding hydrogens is 387 g/mol. The van der Waals surface area contributed by atoms with Crippen LogP contribution >= 0.6 is 0 Å². The summed E-state index contributed by atoms with van der Waals surface area (Å²) < 4.78 is 16.2.